The lowest BCUT2D eigenvalue weighted by Crippen LogP contribution is -2.53. The van der Waals surface area contributed by atoms with Crippen LogP contribution in [0.1, 0.15) is 10.4 Å². The molecule has 1 atom stereocenters. The second-order valence-corrected chi connectivity index (χ2v) is 7.22. The number of piperazine rings is 1. The van der Waals surface area contributed by atoms with E-state index in [1.807, 2.05) is 23.1 Å². The molecule has 7 nitrogen and oxygen atoms in total. The van der Waals surface area contributed by atoms with E-state index in [2.05, 4.69) is 15.9 Å². The van der Waals surface area contributed by atoms with Crippen LogP contribution in [-0.4, -0.2) is 81.3 Å². The van der Waals surface area contributed by atoms with E-state index in [1.165, 1.54) is 12.5 Å². The topological polar surface area (TPSA) is 58.4 Å². The van der Waals surface area contributed by atoms with Crippen LogP contribution in [-0.2, 0) is 4.74 Å². The van der Waals surface area contributed by atoms with Crippen molar-refractivity contribution in [3.05, 3.63) is 48.4 Å². The summed E-state index contributed by atoms with van der Waals surface area (Å²) in [7, 11) is 1.71. The summed E-state index contributed by atoms with van der Waals surface area (Å²) < 4.78 is 16.5. The second-order valence-electron chi connectivity index (χ2n) is 7.22. The average molecular weight is 385 g/mol. The first kappa shape index (κ1) is 18.8. The summed E-state index contributed by atoms with van der Waals surface area (Å²) in [5.41, 5.74) is 1.75. The van der Waals surface area contributed by atoms with Crippen LogP contribution in [0.4, 0.5) is 5.69 Å². The van der Waals surface area contributed by atoms with E-state index in [0.29, 0.717) is 25.3 Å². The normalized spacial score (nSPS) is 21.0. The fourth-order valence-corrected chi connectivity index (χ4v) is 3.93. The number of furan rings is 1. The summed E-state index contributed by atoms with van der Waals surface area (Å²) in [6.45, 7) is 6.50. The number of rotatable bonds is 5. The van der Waals surface area contributed by atoms with Gasteiger partial charge in [-0.05, 0) is 18.2 Å². The summed E-state index contributed by atoms with van der Waals surface area (Å²) >= 11 is 0. The Kier molecular flexibility index (Phi) is 5.83. The van der Waals surface area contributed by atoms with Crippen molar-refractivity contribution in [1.82, 2.24) is 9.80 Å². The van der Waals surface area contributed by atoms with Crippen LogP contribution in [0.3, 0.4) is 0 Å². The summed E-state index contributed by atoms with van der Waals surface area (Å²) in [6.07, 6.45) is 3.08. The zero-order chi connectivity index (χ0) is 19.3. The quantitative estimate of drug-likeness (QED) is 0.784. The van der Waals surface area contributed by atoms with Gasteiger partial charge >= 0.3 is 0 Å². The molecule has 2 aliphatic rings. The molecule has 150 valence electrons. The maximum absolute atomic E-state index is 12.5. The minimum absolute atomic E-state index is 0.0167. The maximum Gasteiger partial charge on any atom is 0.257 e. The summed E-state index contributed by atoms with van der Waals surface area (Å²) in [4.78, 5) is 19.2. The Bertz CT molecular complexity index is 772. The number of hydrogen-bond acceptors (Lipinski definition) is 6. The molecule has 2 saturated heterocycles. The first-order valence-corrected chi connectivity index (χ1v) is 9.78. The highest BCUT2D eigenvalue weighted by molar-refractivity contribution is 5.93. The molecule has 28 heavy (non-hydrogen) atoms. The minimum atomic E-state index is 0.0167. The van der Waals surface area contributed by atoms with E-state index < -0.39 is 0 Å². The molecule has 1 aromatic carbocycles. The molecular formula is C21H27N3O4. The van der Waals surface area contributed by atoms with Crippen molar-refractivity contribution in [3.8, 4) is 5.75 Å². The lowest BCUT2D eigenvalue weighted by molar-refractivity contribution is -0.0363. The molecule has 1 aromatic heterocycles. The zero-order valence-electron chi connectivity index (χ0n) is 16.3. The van der Waals surface area contributed by atoms with E-state index in [-0.39, 0.29) is 12.0 Å². The Hall–Kier alpha value is -2.51. The number of hydrogen-bond donors (Lipinski definition) is 0. The van der Waals surface area contributed by atoms with E-state index in [9.17, 15) is 4.79 Å². The van der Waals surface area contributed by atoms with Crippen LogP contribution in [0.25, 0.3) is 0 Å². The van der Waals surface area contributed by atoms with Crippen LogP contribution < -0.4 is 9.64 Å². The first-order valence-electron chi connectivity index (χ1n) is 9.78. The van der Waals surface area contributed by atoms with Gasteiger partial charge in [0.2, 0.25) is 0 Å². The van der Waals surface area contributed by atoms with Gasteiger partial charge in [0.1, 0.15) is 12.0 Å². The van der Waals surface area contributed by atoms with E-state index in [0.717, 1.165) is 44.2 Å². The molecule has 4 rings (SSSR count). The number of morpholine rings is 1. The Morgan fingerprint density at radius 2 is 1.96 bits per heavy atom. The van der Waals surface area contributed by atoms with Crippen molar-refractivity contribution < 1.29 is 18.7 Å². The van der Waals surface area contributed by atoms with Crippen molar-refractivity contribution in [2.24, 2.45) is 0 Å². The molecule has 0 N–H and O–H groups in total. The third-order valence-electron chi connectivity index (χ3n) is 5.45. The Balaban J connectivity index is 1.29. The van der Waals surface area contributed by atoms with Gasteiger partial charge in [-0.15, -0.1) is 0 Å². The molecule has 2 aliphatic heterocycles. The fourth-order valence-electron chi connectivity index (χ4n) is 3.93. The maximum atomic E-state index is 12.5. The number of benzene rings is 1. The molecule has 0 aliphatic carbocycles. The largest absolute Gasteiger partial charge is 0.495 e. The number of nitrogens with zero attached hydrogens (tertiary/aromatic N) is 3. The molecule has 0 radical (unpaired) electrons. The van der Waals surface area contributed by atoms with E-state index in [1.54, 1.807) is 13.2 Å². The molecule has 1 unspecified atom stereocenters. The third kappa shape index (κ3) is 4.15. The van der Waals surface area contributed by atoms with Crippen molar-refractivity contribution in [2.45, 2.75) is 6.10 Å². The van der Waals surface area contributed by atoms with Crippen LogP contribution in [0.2, 0.25) is 0 Å². The Labute approximate surface area is 165 Å². The molecule has 2 fully saturated rings. The number of methoxy groups -OCH3 is 1. The lowest BCUT2D eigenvalue weighted by Gasteiger charge is -2.40. The SMILES string of the molecule is COc1ccccc1N1CCN(CC2CN(C(=O)c3ccoc3)CCO2)CC1. The highest BCUT2D eigenvalue weighted by Crippen LogP contribution is 2.28. The van der Waals surface area contributed by atoms with Gasteiger partial charge in [-0.1, -0.05) is 12.1 Å². The molecule has 3 heterocycles. The Morgan fingerprint density at radius 1 is 1.14 bits per heavy atom. The number of ether oxygens (including phenoxy) is 2. The van der Waals surface area contributed by atoms with Crippen molar-refractivity contribution in [2.75, 3.05) is 64.4 Å². The molecule has 7 heteroatoms. The van der Waals surface area contributed by atoms with Crippen molar-refractivity contribution in [3.63, 3.8) is 0 Å². The van der Waals surface area contributed by atoms with Gasteiger partial charge < -0.3 is 23.7 Å². The van der Waals surface area contributed by atoms with Gasteiger partial charge in [0.15, 0.2) is 0 Å². The first-order chi connectivity index (χ1) is 13.7. The van der Waals surface area contributed by atoms with Gasteiger partial charge in [0, 0.05) is 45.8 Å². The van der Waals surface area contributed by atoms with Crippen LogP contribution in [0, 0.1) is 0 Å². The number of amides is 1. The highest BCUT2D eigenvalue weighted by atomic mass is 16.5. The Morgan fingerprint density at radius 3 is 2.71 bits per heavy atom. The van der Waals surface area contributed by atoms with Gasteiger partial charge in [-0.2, -0.15) is 0 Å². The molecular weight excluding hydrogens is 358 g/mol. The summed E-state index contributed by atoms with van der Waals surface area (Å²) in [6, 6.07) is 9.87. The smallest absolute Gasteiger partial charge is 0.257 e. The van der Waals surface area contributed by atoms with E-state index in [4.69, 9.17) is 13.9 Å². The van der Waals surface area contributed by atoms with E-state index >= 15 is 0 Å². The third-order valence-corrected chi connectivity index (χ3v) is 5.45. The lowest BCUT2D eigenvalue weighted by atomic mass is 10.2. The second kappa shape index (κ2) is 8.67. The summed E-state index contributed by atoms with van der Waals surface area (Å²) in [5.74, 6) is 0.933. The number of anilines is 1. The van der Waals surface area contributed by atoms with Crippen molar-refractivity contribution in [1.29, 1.82) is 0 Å². The number of carbonyl (C=O) groups is 1. The number of para-hydroxylation sites is 2. The van der Waals surface area contributed by atoms with Gasteiger partial charge in [0.25, 0.3) is 5.91 Å². The van der Waals surface area contributed by atoms with Gasteiger partial charge in [-0.25, -0.2) is 0 Å². The molecule has 1 amide bonds. The predicted molar refractivity (Wildman–Crippen MR) is 106 cm³/mol. The predicted octanol–water partition coefficient (Wildman–Crippen LogP) is 1.95. The van der Waals surface area contributed by atoms with Gasteiger partial charge in [0.05, 0.1) is 37.3 Å². The van der Waals surface area contributed by atoms with Crippen LogP contribution >= 0.6 is 0 Å². The van der Waals surface area contributed by atoms with Crippen molar-refractivity contribution >= 4 is 11.6 Å². The average Bonchev–Trinajstić information content (AvgIpc) is 3.29. The van der Waals surface area contributed by atoms with Crippen LogP contribution in [0.5, 0.6) is 5.75 Å². The fraction of sp³-hybridized carbons (Fsp3) is 0.476. The molecule has 0 spiro atoms. The monoisotopic (exact) mass is 385 g/mol. The molecule has 0 bridgehead atoms. The van der Waals surface area contributed by atoms with Crippen LogP contribution in [0.15, 0.2) is 47.3 Å². The summed E-state index contributed by atoms with van der Waals surface area (Å²) in [5, 5.41) is 0. The molecule has 0 saturated carbocycles. The minimum Gasteiger partial charge on any atom is -0.495 e. The zero-order valence-corrected chi connectivity index (χ0v) is 16.3. The molecule has 2 aromatic rings. The number of carbonyl (C=O) groups excluding carboxylic acids is 1. The highest BCUT2D eigenvalue weighted by Gasteiger charge is 2.28. The van der Waals surface area contributed by atoms with Gasteiger partial charge in [-0.3, -0.25) is 9.69 Å². The standard InChI is InChI=1S/C21H27N3O4/c1-26-20-5-3-2-4-19(20)23-9-7-22(8-10-23)14-18-15-24(11-13-28-18)21(25)17-6-12-27-16-17/h2-6,12,16,18H,7-11,13-15H2,1H3.